The van der Waals surface area contributed by atoms with Gasteiger partial charge >= 0.3 is 6.01 Å². The minimum Gasteiger partial charge on any atom is -0.424 e. The highest BCUT2D eigenvalue weighted by Gasteiger charge is 2.12. The topological polar surface area (TPSA) is 66.0 Å². The maximum atomic E-state index is 5.87. The number of rotatable bonds is 3. The van der Waals surface area contributed by atoms with Gasteiger partial charge in [0.15, 0.2) is 0 Å². The Labute approximate surface area is 104 Å². The quantitative estimate of drug-likeness (QED) is 0.912. The van der Waals surface area contributed by atoms with E-state index in [0.29, 0.717) is 16.8 Å². The number of aromatic nitrogens is 3. The standard InChI is InChI=1S/C11H13ClN4O/c1-7(2)16-11(14-10(13)15-16)17-9-5-3-4-8(12)6-9/h3-7H,1-2H3,(H2,13,15). The van der Waals surface area contributed by atoms with Gasteiger partial charge in [0.1, 0.15) is 5.75 Å². The molecule has 0 aliphatic heterocycles. The van der Waals surface area contributed by atoms with E-state index >= 15 is 0 Å². The molecule has 2 rings (SSSR count). The van der Waals surface area contributed by atoms with Crippen molar-refractivity contribution in [3.05, 3.63) is 29.3 Å². The van der Waals surface area contributed by atoms with Crippen LogP contribution in [0.25, 0.3) is 0 Å². The SMILES string of the molecule is CC(C)n1nc(N)nc1Oc1cccc(Cl)c1. The summed E-state index contributed by atoms with van der Waals surface area (Å²) in [4.78, 5) is 4.02. The van der Waals surface area contributed by atoms with Gasteiger partial charge in [0.05, 0.1) is 6.04 Å². The lowest BCUT2D eigenvalue weighted by molar-refractivity contribution is 0.376. The molecule has 5 nitrogen and oxygen atoms in total. The molecule has 2 aromatic rings. The normalized spacial score (nSPS) is 10.8. The van der Waals surface area contributed by atoms with Crippen LogP contribution in [0.5, 0.6) is 11.8 Å². The first-order valence-electron chi connectivity index (χ1n) is 5.21. The third-order valence-electron chi connectivity index (χ3n) is 2.11. The monoisotopic (exact) mass is 252 g/mol. The zero-order valence-electron chi connectivity index (χ0n) is 9.59. The highest BCUT2D eigenvalue weighted by atomic mass is 35.5. The average molecular weight is 253 g/mol. The Morgan fingerprint density at radius 2 is 2.18 bits per heavy atom. The summed E-state index contributed by atoms with van der Waals surface area (Å²) in [5.41, 5.74) is 5.55. The van der Waals surface area contributed by atoms with E-state index in [1.807, 2.05) is 13.8 Å². The van der Waals surface area contributed by atoms with Crippen LogP contribution >= 0.6 is 11.6 Å². The number of halogens is 1. The van der Waals surface area contributed by atoms with Crippen LogP contribution in [0.3, 0.4) is 0 Å². The van der Waals surface area contributed by atoms with E-state index in [1.165, 1.54) is 0 Å². The molecule has 0 bridgehead atoms. The third-order valence-corrected chi connectivity index (χ3v) is 2.35. The molecule has 2 N–H and O–H groups in total. The van der Waals surface area contributed by atoms with E-state index in [-0.39, 0.29) is 12.0 Å². The summed E-state index contributed by atoms with van der Waals surface area (Å²) in [6.45, 7) is 3.94. The highest BCUT2D eigenvalue weighted by Crippen LogP contribution is 2.25. The molecule has 1 heterocycles. The van der Waals surface area contributed by atoms with E-state index < -0.39 is 0 Å². The number of hydrogen-bond acceptors (Lipinski definition) is 4. The van der Waals surface area contributed by atoms with Gasteiger partial charge in [-0.3, -0.25) is 0 Å². The summed E-state index contributed by atoms with van der Waals surface area (Å²) in [7, 11) is 0. The van der Waals surface area contributed by atoms with Gasteiger partial charge in [-0.1, -0.05) is 17.7 Å². The summed E-state index contributed by atoms with van der Waals surface area (Å²) in [6.07, 6.45) is 0. The van der Waals surface area contributed by atoms with Crippen LogP contribution in [-0.2, 0) is 0 Å². The van der Waals surface area contributed by atoms with Gasteiger partial charge in [0.2, 0.25) is 5.95 Å². The fraction of sp³-hybridized carbons (Fsp3) is 0.273. The molecule has 0 unspecified atom stereocenters. The van der Waals surface area contributed by atoms with Crippen LogP contribution in [0.1, 0.15) is 19.9 Å². The molecule has 1 aromatic carbocycles. The van der Waals surface area contributed by atoms with Gasteiger partial charge < -0.3 is 10.5 Å². The number of nitrogens with zero attached hydrogens (tertiary/aromatic N) is 3. The largest absolute Gasteiger partial charge is 0.424 e. The molecule has 0 amide bonds. The Morgan fingerprint density at radius 1 is 1.41 bits per heavy atom. The molecule has 0 aliphatic carbocycles. The van der Waals surface area contributed by atoms with Gasteiger partial charge in [-0.05, 0) is 32.0 Å². The lowest BCUT2D eigenvalue weighted by atomic mass is 10.3. The van der Waals surface area contributed by atoms with Gasteiger partial charge in [0.25, 0.3) is 0 Å². The maximum absolute atomic E-state index is 5.87. The Hall–Kier alpha value is -1.75. The van der Waals surface area contributed by atoms with Crippen LogP contribution in [0.2, 0.25) is 5.02 Å². The van der Waals surface area contributed by atoms with E-state index in [9.17, 15) is 0 Å². The molecule has 90 valence electrons. The molecular formula is C11H13ClN4O. The van der Waals surface area contributed by atoms with Crippen LogP contribution in [-0.4, -0.2) is 14.8 Å². The molecule has 6 heteroatoms. The van der Waals surface area contributed by atoms with Crippen molar-refractivity contribution < 1.29 is 4.74 Å². The second kappa shape index (κ2) is 4.63. The molecule has 0 radical (unpaired) electrons. The molecule has 0 saturated carbocycles. The molecule has 0 aliphatic rings. The van der Waals surface area contributed by atoms with Crippen molar-refractivity contribution in [3.63, 3.8) is 0 Å². The summed E-state index contributed by atoms with van der Waals surface area (Å²) in [5.74, 6) is 0.794. The van der Waals surface area contributed by atoms with Crippen LogP contribution in [0, 0.1) is 0 Å². The Kier molecular flexibility index (Phi) is 3.19. The summed E-state index contributed by atoms with van der Waals surface area (Å²) < 4.78 is 7.22. The molecule has 0 atom stereocenters. The van der Waals surface area contributed by atoms with E-state index in [0.717, 1.165) is 0 Å². The van der Waals surface area contributed by atoms with Gasteiger partial charge in [-0.25, -0.2) is 4.68 Å². The highest BCUT2D eigenvalue weighted by molar-refractivity contribution is 6.30. The van der Waals surface area contributed by atoms with Crippen molar-refractivity contribution in [2.45, 2.75) is 19.9 Å². The predicted molar refractivity (Wildman–Crippen MR) is 66.3 cm³/mol. The van der Waals surface area contributed by atoms with Crippen LogP contribution in [0.15, 0.2) is 24.3 Å². The van der Waals surface area contributed by atoms with Crippen molar-refractivity contribution in [1.29, 1.82) is 0 Å². The number of benzene rings is 1. The summed E-state index contributed by atoms with van der Waals surface area (Å²) in [5, 5.41) is 4.66. The number of anilines is 1. The summed E-state index contributed by atoms with van der Waals surface area (Å²) in [6, 6.07) is 7.56. The first kappa shape index (κ1) is 11.7. The second-order valence-corrected chi connectivity index (χ2v) is 4.29. The molecule has 0 spiro atoms. The Morgan fingerprint density at radius 3 is 2.82 bits per heavy atom. The van der Waals surface area contributed by atoms with Gasteiger partial charge in [0, 0.05) is 5.02 Å². The van der Waals surface area contributed by atoms with E-state index in [1.54, 1.807) is 28.9 Å². The zero-order chi connectivity index (χ0) is 12.4. The minimum absolute atomic E-state index is 0.119. The number of ether oxygens (including phenoxy) is 1. The lowest BCUT2D eigenvalue weighted by Crippen LogP contribution is -2.05. The molecule has 1 aromatic heterocycles. The zero-order valence-corrected chi connectivity index (χ0v) is 10.3. The molecule has 0 fully saturated rings. The molecule has 0 saturated heterocycles. The maximum Gasteiger partial charge on any atom is 0.322 e. The average Bonchev–Trinajstić information content (AvgIpc) is 2.59. The Balaban J connectivity index is 2.29. The fourth-order valence-electron chi connectivity index (χ4n) is 1.37. The van der Waals surface area contributed by atoms with Crippen molar-refractivity contribution in [2.24, 2.45) is 0 Å². The smallest absolute Gasteiger partial charge is 0.322 e. The first-order chi connectivity index (χ1) is 8.06. The van der Waals surface area contributed by atoms with Crippen molar-refractivity contribution in [2.75, 3.05) is 5.73 Å². The first-order valence-corrected chi connectivity index (χ1v) is 5.59. The van der Waals surface area contributed by atoms with Gasteiger partial charge in [-0.15, -0.1) is 5.10 Å². The fourth-order valence-corrected chi connectivity index (χ4v) is 1.55. The number of hydrogen-bond donors (Lipinski definition) is 1. The molecule has 17 heavy (non-hydrogen) atoms. The van der Waals surface area contributed by atoms with Crippen LogP contribution < -0.4 is 10.5 Å². The minimum atomic E-state index is 0.119. The van der Waals surface area contributed by atoms with E-state index in [2.05, 4.69) is 10.1 Å². The number of nitrogen functional groups attached to an aromatic ring is 1. The van der Waals surface area contributed by atoms with Crippen molar-refractivity contribution >= 4 is 17.5 Å². The van der Waals surface area contributed by atoms with Gasteiger partial charge in [-0.2, -0.15) is 4.98 Å². The summed E-state index contributed by atoms with van der Waals surface area (Å²) >= 11 is 5.87. The number of nitrogens with two attached hydrogens (primary N) is 1. The van der Waals surface area contributed by atoms with Crippen LogP contribution in [0.4, 0.5) is 5.95 Å². The van der Waals surface area contributed by atoms with E-state index in [4.69, 9.17) is 22.1 Å². The Bertz CT molecular complexity index is 524. The van der Waals surface area contributed by atoms with Crippen molar-refractivity contribution in [3.8, 4) is 11.8 Å². The lowest BCUT2D eigenvalue weighted by Gasteiger charge is -2.09. The second-order valence-electron chi connectivity index (χ2n) is 3.85. The third kappa shape index (κ3) is 2.68. The predicted octanol–water partition coefficient (Wildman–Crippen LogP) is 2.89. The van der Waals surface area contributed by atoms with Crippen molar-refractivity contribution in [1.82, 2.24) is 14.8 Å². The molecular weight excluding hydrogens is 240 g/mol.